The van der Waals surface area contributed by atoms with Gasteiger partial charge in [0, 0.05) is 19.3 Å². The number of ether oxygens (including phenoxy) is 1. The maximum absolute atomic E-state index is 12.6. The van der Waals surface area contributed by atoms with Crippen LogP contribution in [0.15, 0.2) is 36.7 Å². The summed E-state index contributed by atoms with van der Waals surface area (Å²) in [7, 11) is 0. The van der Waals surface area contributed by atoms with Crippen molar-refractivity contribution in [3.8, 4) is 0 Å². The van der Waals surface area contributed by atoms with E-state index in [-0.39, 0.29) is 11.5 Å². The van der Waals surface area contributed by atoms with Crippen LogP contribution in [-0.2, 0) is 11.3 Å². The molecule has 0 radical (unpaired) electrons. The van der Waals surface area contributed by atoms with Gasteiger partial charge in [-0.05, 0) is 24.6 Å². The van der Waals surface area contributed by atoms with E-state index in [1.54, 1.807) is 18.3 Å². The number of nitrogens with one attached hydrogen (secondary N) is 2. The van der Waals surface area contributed by atoms with Crippen molar-refractivity contribution in [2.75, 3.05) is 30.3 Å². The van der Waals surface area contributed by atoms with Gasteiger partial charge in [-0.1, -0.05) is 46.7 Å². The molecule has 1 amide bonds. The number of carbonyl (C=O) groups is 1. The number of aromatic nitrogens is 3. The zero-order chi connectivity index (χ0) is 21.8. The number of anilines is 3. The molecule has 2 N–H and O–H groups in total. The van der Waals surface area contributed by atoms with Gasteiger partial charge in [0.05, 0.1) is 30.1 Å². The average Bonchev–Trinajstić information content (AvgIpc) is 3.20. The Morgan fingerprint density at radius 2 is 2.23 bits per heavy atom. The van der Waals surface area contributed by atoms with Crippen molar-refractivity contribution in [1.82, 2.24) is 19.9 Å². The Hall–Kier alpha value is -2.30. The van der Waals surface area contributed by atoms with E-state index in [2.05, 4.69) is 30.5 Å². The lowest BCUT2D eigenvalue weighted by molar-refractivity contribution is 0.00977. The Kier molecular flexibility index (Phi) is 6.99. The highest BCUT2D eigenvalue weighted by Gasteiger charge is 2.19. The van der Waals surface area contributed by atoms with Crippen LogP contribution < -0.4 is 10.6 Å². The second-order valence-corrected chi connectivity index (χ2v) is 8.84. The zero-order valence-corrected chi connectivity index (χ0v) is 19.0. The van der Waals surface area contributed by atoms with Crippen LogP contribution in [0.2, 0.25) is 5.02 Å². The number of rotatable bonds is 6. The van der Waals surface area contributed by atoms with Crippen molar-refractivity contribution in [1.29, 1.82) is 0 Å². The van der Waals surface area contributed by atoms with E-state index in [9.17, 15) is 4.79 Å². The van der Waals surface area contributed by atoms with Crippen LogP contribution in [-0.4, -0.2) is 51.0 Å². The molecule has 0 spiro atoms. The Bertz CT molecular complexity index is 1060. The molecule has 0 bridgehead atoms. The topological polar surface area (TPSA) is 92.3 Å². The van der Waals surface area contributed by atoms with Gasteiger partial charge in [0.1, 0.15) is 22.1 Å². The first-order chi connectivity index (χ1) is 15.0. The summed E-state index contributed by atoms with van der Waals surface area (Å²) in [6.45, 7) is 4.45. The Morgan fingerprint density at radius 3 is 3.03 bits per heavy atom. The number of hydrogen-bond donors (Lipinski definition) is 2. The summed E-state index contributed by atoms with van der Waals surface area (Å²) < 4.78 is 5.34. The number of nitrogens with zero attached hydrogens (tertiary/aromatic N) is 4. The molecule has 1 unspecified atom stereocenters. The van der Waals surface area contributed by atoms with Crippen LogP contribution in [0.1, 0.15) is 21.1 Å². The summed E-state index contributed by atoms with van der Waals surface area (Å²) in [5.74, 6) is 0.997. The fourth-order valence-corrected chi connectivity index (χ4v) is 4.33. The highest BCUT2D eigenvalue weighted by Crippen LogP contribution is 2.27. The molecule has 1 aliphatic rings. The van der Waals surface area contributed by atoms with Gasteiger partial charge in [0.25, 0.3) is 5.91 Å². The molecule has 0 saturated carbocycles. The molecule has 1 saturated heterocycles. The SMILES string of the molecule is Cc1cccc(Cl)c1NC(=O)c1cnc(Nc2ccnc(CN3CCOC(Cl)C3)n2)s1. The van der Waals surface area contributed by atoms with E-state index in [0.717, 1.165) is 12.1 Å². The van der Waals surface area contributed by atoms with Gasteiger partial charge in [-0.3, -0.25) is 9.69 Å². The smallest absolute Gasteiger partial charge is 0.267 e. The number of morpholine rings is 1. The molecular weight excluding hydrogens is 459 g/mol. The van der Waals surface area contributed by atoms with Gasteiger partial charge in [0.2, 0.25) is 0 Å². The minimum absolute atomic E-state index is 0.270. The minimum atomic E-state index is -0.315. The molecule has 8 nitrogen and oxygen atoms in total. The highest BCUT2D eigenvalue weighted by molar-refractivity contribution is 7.17. The molecule has 0 aliphatic carbocycles. The third-order valence-electron chi connectivity index (χ3n) is 4.60. The van der Waals surface area contributed by atoms with E-state index < -0.39 is 0 Å². The van der Waals surface area contributed by atoms with Crippen molar-refractivity contribution in [2.24, 2.45) is 0 Å². The van der Waals surface area contributed by atoms with Crippen LogP contribution in [0.25, 0.3) is 0 Å². The lowest BCUT2D eigenvalue weighted by atomic mass is 10.2. The first kappa shape index (κ1) is 21.9. The van der Waals surface area contributed by atoms with Crippen LogP contribution in [0.4, 0.5) is 16.6 Å². The Morgan fingerprint density at radius 1 is 1.35 bits per heavy atom. The summed E-state index contributed by atoms with van der Waals surface area (Å²) >= 11 is 13.5. The third kappa shape index (κ3) is 5.69. The molecule has 2 aromatic heterocycles. The quantitative estimate of drug-likeness (QED) is 0.510. The third-order valence-corrected chi connectivity index (χ3v) is 6.09. The number of carbonyl (C=O) groups excluding carboxylic acids is 1. The maximum atomic E-state index is 12.6. The van der Waals surface area contributed by atoms with E-state index in [1.807, 2.05) is 19.1 Å². The second-order valence-electron chi connectivity index (χ2n) is 6.91. The number of hydrogen-bond acceptors (Lipinski definition) is 8. The first-order valence-electron chi connectivity index (χ1n) is 9.57. The van der Waals surface area contributed by atoms with Gasteiger partial charge in [-0.25, -0.2) is 15.0 Å². The van der Waals surface area contributed by atoms with Crippen molar-refractivity contribution in [3.63, 3.8) is 0 Å². The zero-order valence-electron chi connectivity index (χ0n) is 16.6. The molecule has 1 aliphatic heterocycles. The van der Waals surface area contributed by atoms with Crippen LogP contribution in [0.3, 0.4) is 0 Å². The molecule has 3 heterocycles. The van der Waals surface area contributed by atoms with Gasteiger partial charge in [-0.15, -0.1) is 0 Å². The molecule has 1 aromatic carbocycles. The Labute approximate surface area is 193 Å². The molecule has 162 valence electrons. The summed E-state index contributed by atoms with van der Waals surface area (Å²) in [5, 5.41) is 7.03. The number of halogens is 2. The normalized spacial score (nSPS) is 16.8. The van der Waals surface area contributed by atoms with Crippen LogP contribution >= 0.6 is 34.5 Å². The molecule has 4 rings (SSSR count). The van der Waals surface area contributed by atoms with E-state index in [4.69, 9.17) is 27.9 Å². The van der Waals surface area contributed by atoms with E-state index in [1.165, 1.54) is 17.5 Å². The van der Waals surface area contributed by atoms with Crippen LogP contribution in [0, 0.1) is 6.92 Å². The van der Waals surface area contributed by atoms with E-state index >= 15 is 0 Å². The predicted molar refractivity (Wildman–Crippen MR) is 122 cm³/mol. The number of para-hydroxylation sites is 1. The summed E-state index contributed by atoms with van der Waals surface area (Å²) in [5.41, 5.74) is 1.17. The maximum Gasteiger partial charge on any atom is 0.267 e. The van der Waals surface area contributed by atoms with Gasteiger partial charge in [-0.2, -0.15) is 0 Å². The first-order valence-corrected chi connectivity index (χ1v) is 11.2. The number of thiazole rings is 1. The molecule has 1 fully saturated rings. The van der Waals surface area contributed by atoms with Crippen LogP contribution in [0.5, 0.6) is 0 Å². The lowest BCUT2D eigenvalue weighted by Crippen LogP contribution is -2.39. The van der Waals surface area contributed by atoms with Gasteiger partial charge in [0.15, 0.2) is 5.13 Å². The van der Waals surface area contributed by atoms with Crippen molar-refractivity contribution < 1.29 is 9.53 Å². The average molecular weight is 479 g/mol. The van der Waals surface area contributed by atoms with Crippen molar-refractivity contribution >= 4 is 57.1 Å². The Balaban J connectivity index is 1.40. The number of amides is 1. The largest absolute Gasteiger partial charge is 0.360 e. The molecule has 3 aromatic rings. The second kappa shape index (κ2) is 9.88. The van der Waals surface area contributed by atoms with Crippen molar-refractivity contribution in [2.45, 2.75) is 19.0 Å². The number of alkyl halides is 1. The standard InChI is InChI=1S/C20H20Cl2N6O2S/c1-12-3-2-4-13(21)18(12)27-19(29)14-9-24-20(31-14)26-16-5-6-23-17(25-16)11-28-7-8-30-15(22)10-28/h2-6,9,15H,7-8,10-11H2,1H3,(H,27,29)(H,23,24,25,26). The fraction of sp³-hybridized carbons (Fsp3) is 0.300. The number of aryl methyl sites for hydroxylation is 1. The van der Waals surface area contributed by atoms with Gasteiger partial charge >= 0.3 is 0 Å². The minimum Gasteiger partial charge on any atom is -0.360 e. The molecule has 11 heteroatoms. The van der Waals surface area contributed by atoms with Gasteiger partial charge < -0.3 is 15.4 Å². The molecule has 31 heavy (non-hydrogen) atoms. The number of benzene rings is 1. The molecule has 1 atom stereocenters. The molecular formula is C20H20Cl2N6O2S. The van der Waals surface area contributed by atoms with Crippen molar-refractivity contribution in [3.05, 3.63) is 57.9 Å². The summed E-state index contributed by atoms with van der Waals surface area (Å²) in [6, 6.07) is 7.21. The summed E-state index contributed by atoms with van der Waals surface area (Å²) in [4.78, 5) is 28.3. The predicted octanol–water partition coefficient (Wildman–Crippen LogP) is 4.29. The summed E-state index contributed by atoms with van der Waals surface area (Å²) in [6.07, 6.45) is 3.20. The monoisotopic (exact) mass is 478 g/mol. The fourth-order valence-electron chi connectivity index (χ4n) is 3.06. The highest BCUT2D eigenvalue weighted by atomic mass is 35.5. The lowest BCUT2D eigenvalue weighted by Gasteiger charge is -2.29. The van der Waals surface area contributed by atoms with E-state index in [0.29, 0.717) is 52.1 Å².